The van der Waals surface area contributed by atoms with Crippen molar-refractivity contribution in [3.8, 4) is 0 Å². The van der Waals surface area contributed by atoms with Crippen molar-refractivity contribution in [2.45, 2.75) is 19.3 Å². The van der Waals surface area contributed by atoms with Crippen molar-refractivity contribution < 1.29 is 9.59 Å². The van der Waals surface area contributed by atoms with Crippen molar-refractivity contribution in [3.05, 3.63) is 0 Å². The fourth-order valence-electron chi connectivity index (χ4n) is 1.21. The maximum absolute atomic E-state index is 11.5. The van der Waals surface area contributed by atoms with Crippen LogP contribution < -0.4 is 16.1 Å². The second kappa shape index (κ2) is 6.13. The van der Waals surface area contributed by atoms with Crippen LogP contribution in [0.3, 0.4) is 0 Å². The van der Waals surface area contributed by atoms with Gasteiger partial charge in [-0.25, -0.2) is 5.43 Å². The van der Waals surface area contributed by atoms with Crippen molar-refractivity contribution in [3.63, 3.8) is 0 Å². The SMILES string of the molecule is CNCCCNC(=O)C1=NNC(=O)CC1. The number of carbonyl (C=O) groups excluding carboxylic acids is 2. The Labute approximate surface area is 88.5 Å². The van der Waals surface area contributed by atoms with E-state index in [0.717, 1.165) is 13.0 Å². The maximum Gasteiger partial charge on any atom is 0.267 e. The lowest BCUT2D eigenvalue weighted by Gasteiger charge is -2.11. The van der Waals surface area contributed by atoms with Crippen LogP contribution in [0, 0.1) is 0 Å². The van der Waals surface area contributed by atoms with Crippen molar-refractivity contribution in [2.24, 2.45) is 5.10 Å². The van der Waals surface area contributed by atoms with Gasteiger partial charge in [-0.15, -0.1) is 0 Å². The van der Waals surface area contributed by atoms with E-state index in [1.807, 2.05) is 7.05 Å². The molecule has 0 fully saturated rings. The molecule has 0 aliphatic carbocycles. The van der Waals surface area contributed by atoms with Crippen molar-refractivity contribution in [1.82, 2.24) is 16.1 Å². The Kier molecular flexibility index (Phi) is 4.76. The van der Waals surface area contributed by atoms with Gasteiger partial charge in [-0.1, -0.05) is 0 Å². The second-order valence-electron chi connectivity index (χ2n) is 3.31. The van der Waals surface area contributed by atoms with Crippen LogP contribution in [-0.2, 0) is 9.59 Å². The van der Waals surface area contributed by atoms with E-state index in [2.05, 4.69) is 21.2 Å². The molecular weight excluding hydrogens is 196 g/mol. The summed E-state index contributed by atoms with van der Waals surface area (Å²) in [6.07, 6.45) is 1.63. The van der Waals surface area contributed by atoms with Crippen molar-refractivity contribution in [2.75, 3.05) is 20.1 Å². The monoisotopic (exact) mass is 212 g/mol. The molecule has 0 unspecified atom stereocenters. The third kappa shape index (κ3) is 4.07. The lowest BCUT2D eigenvalue weighted by atomic mass is 10.1. The summed E-state index contributed by atoms with van der Waals surface area (Å²) in [7, 11) is 1.86. The smallest absolute Gasteiger partial charge is 0.267 e. The number of rotatable bonds is 5. The Hall–Kier alpha value is -1.43. The predicted molar refractivity (Wildman–Crippen MR) is 56.4 cm³/mol. The first-order valence-corrected chi connectivity index (χ1v) is 5.02. The van der Waals surface area contributed by atoms with Gasteiger partial charge in [0.1, 0.15) is 5.71 Å². The van der Waals surface area contributed by atoms with Gasteiger partial charge in [0.05, 0.1) is 0 Å². The molecular formula is C9H16N4O2. The molecule has 0 aromatic heterocycles. The molecule has 1 aliphatic heterocycles. The topological polar surface area (TPSA) is 82.6 Å². The molecule has 15 heavy (non-hydrogen) atoms. The lowest BCUT2D eigenvalue weighted by Crippen LogP contribution is -2.37. The van der Waals surface area contributed by atoms with Gasteiger partial charge in [0, 0.05) is 19.4 Å². The molecule has 0 spiro atoms. The Morgan fingerprint density at radius 3 is 2.87 bits per heavy atom. The van der Waals surface area contributed by atoms with E-state index in [1.54, 1.807) is 0 Å². The van der Waals surface area contributed by atoms with E-state index in [-0.39, 0.29) is 11.8 Å². The molecule has 1 rings (SSSR count). The molecule has 0 saturated heterocycles. The van der Waals surface area contributed by atoms with Crippen LogP contribution >= 0.6 is 0 Å². The van der Waals surface area contributed by atoms with Crippen LogP contribution in [0.4, 0.5) is 0 Å². The van der Waals surface area contributed by atoms with E-state index in [0.29, 0.717) is 25.1 Å². The van der Waals surface area contributed by atoms with Crippen LogP contribution in [-0.4, -0.2) is 37.7 Å². The second-order valence-corrected chi connectivity index (χ2v) is 3.31. The minimum absolute atomic E-state index is 0.137. The minimum Gasteiger partial charge on any atom is -0.351 e. The third-order valence-corrected chi connectivity index (χ3v) is 2.06. The first-order valence-electron chi connectivity index (χ1n) is 5.02. The highest BCUT2D eigenvalue weighted by atomic mass is 16.2. The molecule has 2 amide bonds. The zero-order valence-electron chi connectivity index (χ0n) is 8.80. The van der Waals surface area contributed by atoms with E-state index < -0.39 is 0 Å². The van der Waals surface area contributed by atoms with Gasteiger partial charge >= 0.3 is 0 Å². The summed E-state index contributed by atoms with van der Waals surface area (Å²) in [5.41, 5.74) is 2.69. The van der Waals surface area contributed by atoms with Gasteiger partial charge in [-0.3, -0.25) is 9.59 Å². The quantitative estimate of drug-likeness (QED) is 0.510. The Morgan fingerprint density at radius 1 is 1.47 bits per heavy atom. The lowest BCUT2D eigenvalue weighted by molar-refractivity contribution is -0.121. The minimum atomic E-state index is -0.189. The molecule has 6 nitrogen and oxygen atoms in total. The number of hydrogen-bond donors (Lipinski definition) is 3. The van der Waals surface area contributed by atoms with Crippen LogP contribution in [0.2, 0.25) is 0 Å². The number of nitrogens with one attached hydrogen (secondary N) is 3. The van der Waals surface area contributed by atoms with Crippen LogP contribution in [0.1, 0.15) is 19.3 Å². The predicted octanol–water partition coefficient (Wildman–Crippen LogP) is -1.02. The molecule has 84 valence electrons. The number of carbonyl (C=O) groups is 2. The highest BCUT2D eigenvalue weighted by Crippen LogP contribution is 1.99. The van der Waals surface area contributed by atoms with E-state index in [4.69, 9.17) is 0 Å². The maximum atomic E-state index is 11.5. The van der Waals surface area contributed by atoms with Gasteiger partial charge < -0.3 is 10.6 Å². The van der Waals surface area contributed by atoms with Crippen molar-refractivity contribution in [1.29, 1.82) is 0 Å². The average molecular weight is 212 g/mol. The molecule has 0 aromatic rings. The summed E-state index contributed by atoms with van der Waals surface area (Å²) in [5.74, 6) is -0.326. The summed E-state index contributed by atoms with van der Waals surface area (Å²) in [4.78, 5) is 22.2. The van der Waals surface area contributed by atoms with Crippen LogP contribution in [0.15, 0.2) is 5.10 Å². The fourth-order valence-corrected chi connectivity index (χ4v) is 1.21. The number of hydrogen-bond acceptors (Lipinski definition) is 4. The van der Waals surface area contributed by atoms with Crippen LogP contribution in [0.5, 0.6) is 0 Å². The van der Waals surface area contributed by atoms with Gasteiger partial charge in [0.25, 0.3) is 5.91 Å². The van der Waals surface area contributed by atoms with Crippen LogP contribution in [0.25, 0.3) is 0 Å². The first kappa shape index (κ1) is 11.6. The molecule has 0 aromatic carbocycles. The zero-order valence-corrected chi connectivity index (χ0v) is 8.80. The largest absolute Gasteiger partial charge is 0.351 e. The molecule has 0 bridgehead atoms. The number of nitrogens with zero attached hydrogens (tertiary/aromatic N) is 1. The standard InChI is InChI=1S/C9H16N4O2/c1-10-5-2-6-11-9(15)7-3-4-8(14)13-12-7/h10H,2-6H2,1H3,(H,11,15)(H,13,14). The zero-order chi connectivity index (χ0) is 11.1. The van der Waals surface area contributed by atoms with E-state index >= 15 is 0 Å². The van der Waals surface area contributed by atoms with E-state index in [1.165, 1.54) is 0 Å². The molecule has 6 heteroatoms. The van der Waals surface area contributed by atoms with Gasteiger partial charge in [0.2, 0.25) is 5.91 Å². The fraction of sp³-hybridized carbons (Fsp3) is 0.667. The summed E-state index contributed by atoms with van der Waals surface area (Å²) < 4.78 is 0. The molecule has 0 saturated carbocycles. The molecule has 1 aliphatic rings. The molecule has 0 atom stereocenters. The highest BCUT2D eigenvalue weighted by molar-refractivity contribution is 6.39. The Morgan fingerprint density at radius 2 is 2.27 bits per heavy atom. The normalized spacial score (nSPS) is 15.5. The average Bonchev–Trinajstić information content (AvgIpc) is 2.25. The summed E-state index contributed by atoms with van der Waals surface area (Å²) >= 11 is 0. The highest BCUT2D eigenvalue weighted by Gasteiger charge is 2.17. The van der Waals surface area contributed by atoms with Crippen molar-refractivity contribution >= 4 is 17.5 Å². The Balaban J connectivity index is 2.25. The Bertz CT molecular complexity index is 275. The summed E-state index contributed by atoms with van der Waals surface area (Å²) in [6, 6.07) is 0. The van der Waals surface area contributed by atoms with Gasteiger partial charge in [0.15, 0.2) is 0 Å². The molecule has 3 N–H and O–H groups in total. The molecule has 0 radical (unpaired) electrons. The number of amides is 2. The van der Waals surface area contributed by atoms with Gasteiger partial charge in [-0.2, -0.15) is 5.10 Å². The molecule has 1 heterocycles. The van der Waals surface area contributed by atoms with E-state index in [9.17, 15) is 9.59 Å². The summed E-state index contributed by atoms with van der Waals surface area (Å²) in [6.45, 7) is 1.48. The van der Waals surface area contributed by atoms with Gasteiger partial charge in [-0.05, 0) is 20.0 Å². The number of hydrazone groups is 1. The third-order valence-electron chi connectivity index (χ3n) is 2.06. The first-order chi connectivity index (χ1) is 7.24. The summed E-state index contributed by atoms with van der Waals surface area (Å²) in [5, 5.41) is 9.43.